The lowest BCUT2D eigenvalue weighted by molar-refractivity contribution is -0.143. The van der Waals surface area contributed by atoms with Crippen molar-refractivity contribution in [2.45, 2.75) is 12.4 Å². The first kappa shape index (κ1) is 20.0. The molecule has 0 saturated carbocycles. The van der Waals surface area contributed by atoms with Gasteiger partial charge in [0.25, 0.3) is 5.91 Å². The Bertz CT molecular complexity index is 1000. The molecule has 0 atom stereocenters. The Kier molecular flexibility index (Phi) is 5.00. The number of carbonyl (C=O) groups excluding carboxylic acids is 1. The highest BCUT2D eigenvalue weighted by molar-refractivity contribution is 9.10. The van der Waals surface area contributed by atoms with Crippen molar-refractivity contribution < 1.29 is 35.6 Å². The molecule has 5 nitrogen and oxygen atoms in total. The van der Waals surface area contributed by atoms with E-state index in [2.05, 4.69) is 26.3 Å². The smallest absolute Gasteiger partial charge is 0.435 e. The molecular formula is C16H8BrF6N3O2. The van der Waals surface area contributed by atoms with Crippen molar-refractivity contribution in [3.63, 3.8) is 0 Å². The normalized spacial score (nSPS) is 12.2. The number of halogens is 7. The average molecular weight is 468 g/mol. The molecule has 12 heteroatoms. The van der Waals surface area contributed by atoms with Gasteiger partial charge in [-0.15, -0.1) is 0 Å². The molecule has 0 spiro atoms. The van der Waals surface area contributed by atoms with E-state index in [1.165, 1.54) is 24.3 Å². The molecule has 1 aromatic carbocycles. The largest absolute Gasteiger partial charge is 0.444 e. The van der Waals surface area contributed by atoms with Gasteiger partial charge < -0.3 is 9.73 Å². The zero-order valence-electron chi connectivity index (χ0n) is 13.4. The Morgan fingerprint density at radius 1 is 1.00 bits per heavy atom. The molecule has 1 amide bonds. The lowest BCUT2D eigenvalue weighted by atomic mass is 10.2. The Morgan fingerprint density at radius 3 is 2.14 bits per heavy atom. The summed E-state index contributed by atoms with van der Waals surface area (Å²) in [5.74, 6) is -0.634. The average Bonchev–Trinajstić information content (AvgIpc) is 3.21. The van der Waals surface area contributed by atoms with Gasteiger partial charge in [0.1, 0.15) is 5.69 Å². The van der Waals surface area contributed by atoms with Crippen molar-refractivity contribution in [2.24, 2.45) is 0 Å². The summed E-state index contributed by atoms with van der Waals surface area (Å²) in [6.07, 6.45) is -10.1. The fraction of sp³-hybridized carbons (Fsp3) is 0.125. The monoisotopic (exact) mass is 467 g/mol. The van der Waals surface area contributed by atoms with Crippen LogP contribution < -0.4 is 5.32 Å². The quantitative estimate of drug-likeness (QED) is 0.516. The minimum Gasteiger partial charge on any atom is -0.444 e. The molecule has 28 heavy (non-hydrogen) atoms. The lowest BCUT2D eigenvalue weighted by Crippen LogP contribution is -2.14. The maximum absolute atomic E-state index is 13.1. The molecule has 3 rings (SSSR count). The zero-order valence-corrected chi connectivity index (χ0v) is 15.0. The van der Waals surface area contributed by atoms with Crippen LogP contribution in [0, 0.1) is 0 Å². The van der Waals surface area contributed by atoms with Gasteiger partial charge >= 0.3 is 12.4 Å². The molecule has 0 fully saturated rings. The van der Waals surface area contributed by atoms with E-state index in [0.29, 0.717) is 4.67 Å². The molecule has 2 heterocycles. The van der Waals surface area contributed by atoms with Crippen molar-refractivity contribution in [3.05, 3.63) is 64.3 Å². The summed E-state index contributed by atoms with van der Waals surface area (Å²) in [7, 11) is 0. The summed E-state index contributed by atoms with van der Waals surface area (Å²) in [6.45, 7) is 0. The van der Waals surface area contributed by atoms with Gasteiger partial charge in [-0.3, -0.25) is 4.79 Å². The minimum absolute atomic E-state index is 0.0165. The molecule has 0 saturated heterocycles. The molecule has 2 aromatic heterocycles. The van der Waals surface area contributed by atoms with Crippen molar-refractivity contribution in [1.82, 2.24) is 9.78 Å². The van der Waals surface area contributed by atoms with Gasteiger partial charge in [0.15, 0.2) is 16.1 Å². The van der Waals surface area contributed by atoms with Crippen LogP contribution in [0.25, 0.3) is 5.69 Å². The van der Waals surface area contributed by atoms with Crippen LogP contribution in [0.2, 0.25) is 0 Å². The van der Waals surface area contributed by atoms with Gasteiger partial charge in [-0.2, -0.15) is 31.4 Å². The Balaban J connectivity index is 1.89. The highest BCUT2D eigenvalue weighted by Crippen LogP contribution is 2.36. The molecule has 0 bridgehead atoms. The topological polar surface area (TPSA) is 60.1 Å². The van der Waals surface area contributed by atoms with Crippen LogP contribution in [0.3, 0.4) is 0 Å². The number of rotatable bonds is 3. The van der Waals surface area contributed by atoms with Crippen LogP contribution in [0.5, 0.6) is 0 Å². The van der Waals surface area contributed by atoms with E-state index in [4.69, 9.17) is 4.42 Å². The second-order valence-electron chi connectivity index (χ2n) is 5.43. The van der Waals surface area contributed by atoms with Gasteiger partial charge in [0.05, 0.1) is 5.69 Å². The van der Waals surface area contributed by atoms with Crippen molar-refractivity contribution >= 4 is 27.5 Å². The first-order valence-electron chi connectivity index (χ1n) is 7.37. The number of hydrogen-bond donors (Lipinski definition) is 1. The number of carbonyl (C=O) groups is 1. The number of nitrogens with one attached hydrogen (secondary N) is 1. The van der Waals surface area contributed by atoms with E-state index < -0.39 is 29.6 Å². The highest BCUT2D eigenvalue weighted by atomic mass is 79.9. The molecule has 0 aliphatic heterocycles. The number of benzene rings is 1. The summed E-state index contributed by atoms with van der Waals surface area (Å²) in [5.41, 5.74) is -3.31. The molecule has 1 N–H and O–H groups in total. The SMILES string of the molecule is O=C(Nc1ccc(-n2nc(C(F)(F)F)cc2C(F)(F)F)cc1)c1ccc(Br)o1. The lowest BCUT2D eigenvalue weighted by Gasteiger charge is -2.11. The second kappa shape index (κ2) is 7.00. The molecule has 3 aromatic rings. The number of amides is 1. The number of alkyl halides is 6. The number of nitrogens with zero attached hydrogens (tertiary/aromatic N) is 2. The Morgan fingerprint density at radius 2 is 1.64 bits per heavy atom. The minimum atomic E-state index is -5.05. The third-order valence-corrected chi connectivity index (χ3v) is 3.88. The number of furan rings is 1. The second-order valence-corrected chi connectivity index (χ2v) is 6.21. The van der Waals surface area contributed by atoms with Crippen LogP contribution >= 0.6 is 15.9 Å². The maximum Gasteiger partial charge on any atom is 0.435 e. The molecule has 0 unspecified atom stereocenters. The van der Waals surface area contributed by atoms with Crippen LogP contribution in [0.15, 0.2) is 51.6 Å². The maximum atomic E-state index is 13.1. The predicted molar refractivity (Wildman–Crippen MR) is 87.9 cm³/mol. The van der Waals surface area contributed by atoms with Crippen molar-refractivity contribution in [3.8, 4) is 5.69 Å². The van der Waals surface area contributed by atoms with Crippen molar-refractivity contribution in [2.75, 3.05) is 5.32 Å². The summed E-state index contributed by atoms with van der Waals surface area (Å²) in [6, 6.07) is 7.45. The Hall–Kier alpha value is -2.76. The standard InChI is InChI=1S/C16H8BrF6N3O2/c17-13-6-5-10(28-13)14(27)24-8-1-3-9(4-2-8)26-12(16(21,22)23)7-11(25-26)15(18,19)20/h1-7H,(H,24,27). The van der Waals surface area contributed by atoms with Gasteiger partial charge in [0, 0.05) is 11.8 Å². The summed E-state index contributed by atoms with van der Waals surface area (Å²) in [5, 5.41) is 5.46. The third kappa shape index (κ3) is 4.21. The van der Waals surface area contributed by atoms with Crippen LogP contribution in [0.4, 0.5) is 32.0 Å². The fourth-order valence-corrected chi connectivity index (χ4v) is 2.54. The van der Waals surface area contributed by atoms with Gasteiger partial charge in [-0.25, -0.2) is 4.68 Å². The molecule has 0 aliphatic rings. The van der Waals surface area contributed by atoms with Gasteiger partial charge in [-0.1, -0.05) is 0 Å². The van der Waals surface area contributed by atoms with Crippen LogP contribution in [-0.4, -0.2) is 15.7 Å². The van der Waals surface area contributed by atoms with E-state index in [9.17, 15) is 31.1 Å². The molecule has 0 radical (unpaired) electrons. The summed E-state index contributed by atoms with van der Waals surface area (Å²) < 4.78 is 83.0. The zero-order chi connectivity index (χ0) is 20.7. The predicted octanol–water partition coefficient (Wildman–Crippen LogP) is 5.52. The van der Waals surface area contributed by atoms with E-state index in [1.54, 1.807) is 0 Å². The van der Waals surface area contributed by atoms with Crippen molar-refractivity contribution in [1.29, 1.82) is 0 Å². The fourth-order valence-electron chi connectivity index (χ4n) is 2.23. The Labute approximate surface area is 161 Å². The number of anilines is 1. The summed E-state index contributed by atoms with van der Waals surface area (Å²) in [4.78, 5) is 12.0. The molecule has 0 aliphatic carbocycles. The summed E-state index contributed by atoms with van der Waals surface area (Å²) >= 11 is 3.03. The molecule has 148 valence electrons. The van der Waals surface area contributed by atoms with Gasteiger partial charge in [0.2, 0.25) is 0 Å². The van der Waals surface area contributed by atoms with E-state index in [1.807, 2.05) is 0 Å². The van der Waals surface area contributed by atoms with E-state index >= 15 is 0 Å². The van der Waals surface area contributed by atoms with Crippen LogP contribution in [0.1, 0.15) is 21.9 Å². The van der Waals surface area contributed by atoms with E-state index in [-0.39, 0.29) is 27.9 Å². The number of hydrogen-bond acceptors (Lipinski definition) is 3. The number of aromatic nitrogens is 2. The molecular weight excluding hydrogens is 460 g/mol. The van der Waals surface area contributed by atoms with Crippen LogP contribution in [-0.2, 0) is 12.4 Å². The first-order valence-corrected chi connectivity index (χ1v) is 8.16. The highest BCUT2D eigenvalue weighted by Gasteiger charge is 2.42. The van der Waals surface area contributed by atoms with E-state index in [0.717, 1.165) is 12.1 Å². The van der Waals surface area contributed by atoms with Gasteiger partial charge in [-0.05, 0) is 52.3 Å². The third-order valence-electron chi connectivity index (χ3n) is 3.46. The first-order chi connectivity index (χ1) is 12.9.